The van der Waals surface area contributed by atoms with E-state index in [0.717, 1.165) is 51.6 Å². The highest BCUT2D eigenvalue weighted by molar-refractivity contribution is 5.95. The Morgan fingerprint density at radius 3 is 2.79 bits per heavy atom. The van der Waals surface area contributed by atoms with Crippen LogP contribution in [0.4, 0.5) is 21.0 Å². The molecule has 0 saturated carbocycles. The molecule has 0 bridgehead atoms. The van der Waals surface area contributed by atoms with Gasteiger partial charge in [0.1, 0.15) is 0 Å². The zero-order chi connectivity index (χ0) is 20.1. The van der Waals surface area contributed by atoms with E-state index in [1.54, 1.807) is 4.90 Å². The molecule has 158 valence electrons. The molecule has 3 saturated heterocycles. The van der Waals surface area contributed by atoms with Gasteiger partial charge in [-0.25, -0.2) is 9.59 Å². The molecular weight excluding hydrogens is 374 g/mol. The first-order valence-corrected chi connectivity index (χ1v) is 10.3. The molecule has 3 aliphatic rings. The number of nitrogens with one attached hydrogen (secondary N) is 3. The average molecular weight is 403 g/mol. The van der Waals surface area contributed by atoms with Gasteiger partial charge in [0.15, 0.2) is 0 Å². The van der Waals surface area contributed by atoms with Crippen molar-refractivity contribution in [2.75, 3.05) is 69.4 Å². The Kier molecular flexibility index (Phi) is 6.48. The molecule has 0 aromatic heterocycles. The van der Waals surface area contributed by atoms with Crippen LogP contribution in [-0.4, -0.2) is 82.2 Å². The minimum Gasteiger partial charge on any atom is -0.381 e. The van der Waals surface area contributed by atoms with Crippen molar-refractivity contribution < 1.29 is 19.1 Å². The molecule has 9 nitrogen and oxygen atoms in total. The first-order valence-electron chi connectivity index (χ1n) is 10.3. The highest BCUT2D eigenvalue weighted by Crippen LogP contribution is 2.23. The molecule has 0 radical (unpaired) electrons. The lowest BCUT2D eigenvalue weighted by Gasteiger charge is -2.37. The zero-order valence-electron chi connectivity index (χ0n) is 16.6. The van der Waals surface area contributed by atoms with E-state index in [0.29, 0.717) is 31.2 Å². The summed E-state index contributed by atoms with van der Waals surface area (Å²) in [6.07, 6.45) is 1.02. The topological polar surface area (TPSA) is 95.2 Å². The van der Waals surface area contributed by atoms with Crippen LogP contribution in [0.15, 0.2) is 24.3 Å². The fourth-order valence-electron chi connectivity index (χ4n) is 4.20. The average Bonchev–Trinajstić information content (AvgIpc) is 3.41. The Morgan fingerprint density at radius 2 is 2.07 bits per heavy atom. The molecule has 1 aromatic carbocycles. The number of carbonyl (C=O) groups excluding carboxylic acids is 2. The van der Waals surface area contributed by atoms with Crippen LogP contribution in [0.25, 0.3) is 0 Å². The Balaban J connectivity index is 1.34. The minimum atomic E-state index is -0.245. The van der Waals surface area contributed by atoms with Gasteiger partial charge in [-0.3, -0.25) is 9.80 Å². The number of rotatable bonds is 6. The number of anilines is 2. The van der Waals surface area contributed by atoms with Crippen molar-refractivity contribution in [3.8, 4) is 0 Å². The van der Waals surface area contributed by atoms with Gasteiger partial charge in [0.05, 0.1) is 19.8 Å². The molecule has 1 aromatic rings. The van der Waals surface area contributed by atoms with Gasteiger partial charge in [-0.15, -0.1) is 0 Å². The van der Waals surface area contributed by atoms with Gasteiger partial charge in [-0.2, -0.15) is 0 Å². The predicted molar refractivity (Wildman–Crippen MR) is 109 cm³/mol. The van der Waals surface area contributed by atoms with Crippen molar-refractivity contribution in [1.82, 2.24) is 15.5 Å². The summed E-state index contributed by atoms with van der Waals surface area (Å²) in [5, 5.41) is 8.69. The lowest BCUT2D eigenvalue weighted by Crippen LogP contribution is -2.52. The molecule has 0 unspecified atom stereocenters. The summed E-state index contributed by atoms with van der Waals surface area (Å²) in [4.78, 5) is 28.4. The molecule has 3 heterocycles. The second kappa shape index (κ2) is 9.43. The summed E-state index contributed by atoms with van der Waals surface area (Å²) >= 11 is 0. The fourth-order valence-corrected chi connectivity index (χ4v) is 4.20. The number of morpholine rings is 1. The quantitative estimate of drug-likeness (QED) is 0.661. The summed E-state index contributed by atoms with van der Waals surface area (Å²) < 4.78 is 11.1. The van der Waals surface area contributed by atoms with Gasteiger partial charge in [0, 0.05) is 62.7 Å². The Hall–Kier alpha value is -2.36. The Labute approximate surface area is 170 Å². The van der Waals surface area contributed by atoms with Crippen LogP contribution < -0.4 is 20.9 Å². The van der Waals surface area contributed by atoms with Crippen LogP contribution in [0, 0.1) is 5.92 Å². The smallest absolute Gasteiger partial charge is 0.321 e. The summed E-state index contributed by atoms with van der Waals surface area (Å²) in [6, 6.07) is 7.22. The van der Waals surface area contributed by atoms with Gasteiger partial charge >= 0.3 is 12.1 Å². The fraction of sp³-hybridized carbons (Fsp3) is 0.600. The monoisotopic (exact) mass is 403 g/mol. The summed E-state index contributed by atoms with van der Waals surface area (Å²) in [6.45, 7) is 6.56. The first-order chi connectivity index (χ1) is 14.2. The van der Waals surface area contributed by atoms with Gasteiger partial charge < -0.3 is 25.4 Å². The summed E-state index contributed by atoms with van der Waals surface area (Å²) in [5.74, 6) is 0.422. The standard InChI is InChI=1S/C20H29N5O4/c26-19(23-16-2-1-3-17(12-16)25-6-5-21-20(25)27)22-13-18(15-4-9-29-14-15)24-7-10-28-11-8-24/h1-3,12,15,18H,4-11,13-14H2,(H,21,27)(H2,22,23,26)/t15-,18+/m0/s1. The van der Waals surface area contributed by atoms with Crippen LogP contribution in [0.2, 0.25) is 0 Å². The maximum atomic E-state index is 12.5. The van der Waals surface area contributed by atoms with Crippen molar-refractivity contribution in [2.45, 2.75) is 12.5 Å². The van der Waals surface area contributed by atoms with E-state index in [1.807, 2.05) is 24.3 Å². The van der Waals surface area contributed by atoms with Crippen molar-refractivity contribution in [3.63, 3.8) is 0 Å². The number of amides is 4. The van der Waals surface area contributed by atoms with E-state index in [-0.39, 0.29) is 18.1 Å². The maximum absolute atomic E-state index is 12.5. The van der Waals surface area contributed by atoms with Crippen LogP contribution >= 0.6 is 0 Å². The normalized spacial score (nSPS) is 23.7. The molecule has 3 fully saturated rings. The van der Waals surface area contributed by atoms with Gasteiger partial charge in [-0.1, -0.05) is 6.07 Å². The zero-order valence-corrected chi connectivity index (χ0v) is 16.6. The number of ether oxygens (including phenoxy) is 2. The maximum Gasteiger partial charge on any atom is 0.321 e. The molecule has 4 amide bonds. The molecule has 0 spiro atoms. The lowest BCUT2D eigenvalue weighted by atomic mass is 9.97. The number of hydrogen-bond acceptors (Lipinski definition) is 5. The molecule has 3 aliphatic heterocycles. The summed E-state index contributed by atoms with van der Waals surface area (Å²) in [7, 11) is 0. The van der Waals surface area contributed by atoms with E-state index >= 15 is 0 Å². The van der Waals surface area contributed by atoms with Gasteiger partial charge in [-0.05, 0) is 24.6 Å². The van der Waals surface area contributed by atoms with Gasteiger partial charge in [0.25, 0.3) is 0 Å². The molecule has 3 N–H and O–H groups in total. The van der Waals surface area contributed by atoms with Crippen molar-refractivity contribution in [1.29, 1.82) is 0 Å². The predicted octanol–water partition coefficient (Wildman–Crippen LogP) is 1.08. The highest BCUT2D eigenvalue weighted by atomic mass is 16.5. The van der Waals surface area contributed by atoms with Crippen molar-refractivity contribution in [3.05, 3.63) is 24.3 Å². The second-order valence-electron chi connectivity index (χ2n) is 7.61. The van der Waals surface area contributed by atoms with Crippen molar-refractivity contribution >= 4 is 23.4 Å². The largest absolute Gasteiger partial charge is 0.381 e. The molecule has 9 heteroatoms. The molecule has 2 atom stereocenters. The number of urea groups is 2. The number of benzene rings is 1. The number of carbonyl (C=O) groups is 2. The third kappa shape index (κ3) is 4.98. The summed E-state index contributed by atoms with van der Waals surface area (Å²) in [5.41, 5.74) is 1.43. The van der Waals surface area contributed by atoms with E-state index in [4.69, 9.17) is 9.47 Å². The van der Waals surface area contributed by atoms with Crippen LogP contribution in [0.1, 0.15) is 6.42 Å². The molecular formula is C20H29N5O4. The SMILES string of the molecule is O=C(NC[C@H]([C@H]1CCOC1)N1CCOCC1)Nc1cccc(N2CCNC2=O)c1. The minimum absolute atomic E-state index is 0.112. The van der Waals surface area contributed by atoms with E-state index in [1.165, 1.54) is 0 Å². The lowest BCUT2D eigenvalue weighted by molar-refractivity contribution is 0.00222. The van der Waals surface area contributed by atoms with E-state index in [2.05, 4.69) is 20.9 Å². The first kappa shape index (κ1) is 19.9. The molecule has 29 heavy (non-hydrogen) atoms. The molecule has 4 rings (SSSR count). The third-order valence-corrected chi connectivity index (χ3v) is 5.77. The van der Waals surface area contributed by atoms with Crippen LogP contribution in [-0.2, 0) is 9.47 Å². The Morgan fingerprint density at radius 1 is 1.21 bits per heavy atom. The van der Waals surface area contributed by atoms with Gasteiger partial charge in [0.2, 0.25) is 0 Å². The Bertz CT molecular complexity index is 719. The van der Waals surface area contributed by atoms with Crippen LogP contribution in [0.3, 0.4) is 0 Å². The number of nitrogens with zero attached hydrogens (tertiary/aromatic N) is 2. The third-order valence-electron chi connectivity index (χ3n) is 5.77. The van der Waals surface area contributed by atoms with E-state index in [9.17, 15) is 9.59 Å². The number of hydrogen-bond donors (Lipinski definition) is 3. The molecule has 0 aliphatic carbocycles. The van der Waals surface area contributed by atoms with E-state index < -0.39 is 0 Å². The van der Waals surface area contributed by atoms with Crippen LogP contribution in [0.5, 0.6) is 0 Å². The highest BCUT2D eigenvalue weighted by Gasteiger charge is 2.31. The van der Waals surface area contributed by atoms with Crippen molar-refractivity contribution in [2.24, 2.45) is 5.92 Å². The second-order valence-corrected chi connectivity index (χ2v) is 7.61.